The van der Waals surface area contributed by atoms with Crippen LogP contribution in [0.1, 0.15) is 55.2 Å². The van der Waals surface area contributed by atoms with Crippen molar-refractivity contribution in [2.24, 2.45) is 0 Å². The molecule has 0 unspecified atom stereocenters. The summed E-state index contributed by atoms with van der Waals surface area (Å²) >= 11 is 0. The van der Waals surface area contributed by atoms with Crippen LogP contribution in [-0.2, 0) is 27.8 Å². The number of benzene rings is 1. The molecule has 2 rings (SSSR count). The fourth-order valence-corrected chi connectivity index (χ4v) is 6.55. The summed E-state index contributed by atoms with van der Waals surface area (Å²) in [6.45, 7) is 35.8. The van der Waals surface area contributed by atoms with Gasteiger partial charge in [-0.1, -0.05) is 66.8 Å². The van der Waals surface area contributed by atoms with E-state index in [9.17, 15) is 9.90 Å². The third kappa shape index (κ3) is 7.63. The minimum absolute atomic E-state index is 0.0776. The van der Waals surface area contributed by atoms with Crippen molar-refractivity contribution < 1.29 is 14.7 Å². The number of nitrogens with zero attached hydrogens (tertiary/aromatic N) is 2. The maximum Gasteiger partial charge on any atom is 0.262 e. The number of aromatic hydroxyl groups is 1. The van der Waals surface area contributed by atoms with Crippen molar-refractivity contribution in [1.82, 2.24) is 15.3 Å². The van der Waals surface area contributed by atoms with Gasteiger partial charge in [0.25, 0.3) is 11.8 Å². The lowest BCUT2D eigenvalue weighted by Gasteiger charge is -2.55. The lowest BCUT2D eigenvalue weighted by atomic mass is 9.72. The molecule has 0 atom stereocenters. The number of hydrogen-bond donors (Lipinski definition) is 2. The van der Waals surface area contributed by atoms with Gasteiger partial charge in [-0.3, -0.25) is 14.9 Å². The van der Waals surface area contributed by atoms with E-state index >= 15 is 4.79 Å². The third-order valence-corrected chi connectivity index (χ3v) is 8.43. The number of phenolic OH excluding ortho intramolecular Hbond substituents is 1. The van der Waals surface area contributed by atoms with Gasteiger partial charge in [0.05, 0.1) is 18.5 Å². The van der Waals surface area contributed by atoms with Gasteiger partial charge in [-0.2, -0.15) is 0 Å². The monoisotopic (exact) mass is 609 g/mol. The smallest absolute Gasteiger partial charge is 0.262 e. The van der Waals surface area contributed by atoms with E-state index in [1.807, 2.05) is 24.3 Å². The minimum atomic E-state index is -1.20. The Bertz CT molecular complexity index is 1280. The summed E-state index contributed by atoms with van der Waals surface area (Å²) in [5.41, 5.74) is -0.983. The van der Waals surface area contributed by atoms with Crippen molar-refractivity contribution in [3.05, 3.63) is 143 Å². The van der Waals surface area contributed by atoms with Gasteiger partial charge in [-0.05, 0) is 68.1 Å². The third-order valence-electron chi connectivity index (χ3n) is 8.43. The summed E-state index contributed by atoms with van der Waals surface area (Å²) in [6.07, 6.45) is 18.5. The molecule has 0 aliphatic carbocycles. The lowest BCUT2D eigenvalue weighted by Crippen LogP contribution is -2.76. The average Bonchev–Trinajstić information content (AvgIpc) is 3.00. The van der Waals surface area contributed by atoms with Crippen molar-refractivity contribution in [2.45, 2.75) is 67.9 Å². The Morgan fingerprint density at radius 1 is 0.800 bits per heavy atom. The molecule has 0 saturated carbocycles. The number of nitrogens with one attached hydrogen (secondary N) is 1. The summed E-state index contributed by atoms with van der Waals surface area (Å²) < 4.78 is 0. The van der Waals surface area contributed by atoms with Crippen LogP contribution >= 0.6 is 0 Å². The largest absolute Gasteiger partial charge is 0.507 e. The van der Waals surface area contributed by atoms with Gasteiger partial charge in [-0.15, -0.1) is 59.2 Å². The van der Waals surface area contributed by atoms with Crippen molar-refractivity contribution >= 4 is 11.8 Å². The van der Waals surface area contributed by atoms with Crippen LogP contribution in [0.4, 0.5) is 0 Å². The molecule has 0 bridgehead atoms. The van der Waals surface area contributed by atoms with Crippen molar-refractivity contribution in [3.63, 3.8) is 0 Å². The maximum absolute atomic E-state index is 15.2. The number of hydrazine groups is 1. The first-order valence-electron chi connectivity index (χ1n) is 15.3. The zero-order valence-electron chi connectivity index (χ0n) is 26.9. The molecule has 0 radical (unpaired) electrons. The molecule has 1 aromatic rings. The van der Waals surface area contributed by atoms with E-state index in [1.54, 1.807) is 47.5 Å². The van der Waals surface area contributed by atoms with Gasteiger partial charge in [0.15, 0.2) is 0 Å². The molecule has 1 aromatic carbocycles. The predicted molar refractivity (Wildman–Crippen MR) is 189 cm³/mol. The van der Waals surface area contributed by atoms with Crippen molar-refractivity contribution in [1.29, 1.82) is 0 Å². The molecule has 0 spiro atoms. The molecule has 6 heteroatoms. The fraction of sp³-hybridized carbons (Fsp3) is 0.333. The molecule has 0 aromatic heterocycles. The summed E-state index contributed by atoms with van der Waals surface area (Å²) in [6, 6.07) is 3.69. The van der Waals surface area contributed by atoms with Gasteiger partial charge < -0.3 is 5.11 Å². The molecule has 2 amide bonds. The van der Waals surface area contributed by atoms with Crippen LogP contribution in [0.3, 0.4) is 0 Å². The Morgan fingerprint density at radius 3 is 1.69 bits per heavy atom. The average molecular weight is 610 g/mol. The summed E-state index contributed by atoms with van der Waals surface area (Å²) in [4.78, 5) is 29.9. The molecule has 1 saturated heterocycles. The summed E-state index contributed by atoms with van der Waals surface area (Å²) in [5.74, 6) is -0.429. The Kier molecular flexibility index (Phi) is 13.6. The molecule has 1 aliphatic heterocycles. The first-order valence-corrected chi connectivity index (χ1v) is 15.3. The maximum atomic E-state index is 15.2. The quantitative estimate of drug-likeness (QED) is 0.143. The van der Waals surface area contributed by atoms with Crippen LogP contribution < -0.4 is 5.32 Å². The van der Waals surface area contributed by atoms with E-state index in [0.29, 0.717) is 55.2 Å². The Hall–Kier alpha value is -4.42. The predicted octanol–water partition coefficient (Wildman–Crippen LogP) is 7.38. The highest BCUT2D eigenvalue weighted by Gasteiger charge is 2.54. The second kappa shape index (κ2) is 16.6. The molecule has 2 N–H and O–H groups in total. The van der Waals surface area contributed by atoms with Crippen LogP contribution in [0.5, 0.6) is 5.75 Å². The van der Waals surface area contributed by atoms with E-state index in [4.69, 9.17) is 0 Å². The molecule has 1 aliphatic rings. The number of rotatable bonds is 21. The van der Waals surface area contributed by atoms with Gasteiger partial charge in [-0.25, -0.2) is 10.0 Å². The lowest BCUT2D eigenvalue weighted by molar-refractivity contribution is -0.180. The Balaban J connectivity index is 2.96. The van der Waals surface area contributed by atoms with Crippen LogP contribution in [0.2, 0.25) is 0 Å². The van der Waals surface area contributed by atoms with Gasteiger partial charge >= 0.3 is 0 Å². The van der Waals surface area contributed by atoms with Gasteiger partial charge in [0.1, 0.15) is 11.3 Å². The van der Waals surface area contributed by atoms with Crippen molar-refractivity contribution in [3.8, 4) is 5.75 Å². The molecular formula is C39H51N3O3. The molecule has 45 heavy (non-hydrogen) atoms. The molecule has 1 fully saturated rings. The highest BCUT2D eigenvalue weighted by atomic mass is 16.3. The highest BCUT2D eigenvalue weighted by molar-refractivity contribution is 5.94. The Morgan fingerprint density at radius 2 is 1.29 bits per heavy atom. The molecule has 240 valence electrons. The fourth-order valence-electron chi connectivity index (χ4n) is 6.55. The van der Waals surface area contributed by atoms with E-state index < -0.39 is 16.5 Å². The van der Waals surface area contributed by atoms with Crippen LogP contribution in [-0.4, -0.2) is 51.1 Å². The zero-order valence-corrected chi connectivity index (χ0v) is 26.9. The first-order chi connectivity index (χ1) is 21.6. The first kappa shape index (κ1) is 36.8. The highest BCUT2D eigenvalue weighted by Crippen LogP contribution is 2.41. The molecular weight excluding hydrogens is 558 g/mol. The second-order valence-electron chi connectivity index (χ2n) is 11.7. The van der Waals surface area contributed by atoms with Gasteiger partial charge in [0, 0.05) is 5.54 Å². The van der Waals surface area contributed by atoms with E-state index in [2.05, 4.69) is 64.5 Å². The Labute approximate surface area is 270 Å². The molecule has 6 nitrogen and oxygen atoms in total. The van der Waals surface area contributed by atoms with E-state index in [1.165, 1.54) is 5.01 Å². The van der Waals surface area contributed by atoms with Gasteiger partial charge in [0.2, 0.25) is 0 Å². The van der Waals surface area contributed by atoms with Crippen LogP contribution in [0, 0.1) is 0 Å². The van der Waals surface area contributed by atoms with Crippen LogP contribution in [0.15, 0.2) is 126 Å². The zero-order chi connectivity index (χ0) is 33.7. The number of carbonyl (C=O) groups excluding carboxylic acids is 2. The second-order valence-corrected chi connectivity index (χ2v) is 11.7. The van der Waals surface area contributed by atoms with E-state index in [0.717, 1.165) is 0 Å². The van der Waals surface area contributed by atoms with Crippen LogP contribution in [0.25, 0.3) is 0 Å². The number of phenols is 1. The summed E-state index contributed by atoms with van der Waals surface area (Å²) in [7, 11) is 0. The van der Waals surface area contributed by atoms with E-state index in [-0.39, 0.29) is 43.5 Å². The number of amides is 2. The number of allylic oxidation sites excluding steroid dienone is 4. The normalized spacial score (nSPS) is 15.3. The van der Waals surface area contributed by atoms with Crippen molar-refractivity contribution in [2.75, 3.05) is 13.1 Å². The minimum Gasteiger partial charge on any atom is -0.507 e. The molecule has 1 heterocycles. The topological polar surface area (TPSA) is 72.9 Å². The number of piperazine rings is 1. The SMILES string of the molecule is C=CCc1cc(C(CC=C)(CC=C)C(=O)N(CC=C)N2CC(CC=C)(CC=C)NC(CC=C)(CC=C)C2=O)cc(CC=C)c1O. The summed E-state index contributed by atoms with van der Waals surface area (Å²) in [5, 5.41) is 17.8. The number of hydrogen-bond acceptors (Lipinski definition) is 4. The number of carbonyl (C=O) groups is 2. The standard InChI is InChI=1S/C39H51N3O3/c1-10-19-31-28-33(29-32(20-11-2)34(31)43)38(23-14-5,24-15-6)35(44)41(27-18-9)42-30-37(21-12-3,22-13-4)40-39(25-16-7,26-17-8)36(42)45/h10-18,28-29,40,43H,1-9,19-27,30H2.